The van der Waals surface area contributed by atoms with Gasteiger partial charge in [0.05, 0.1) is 41.1 Å². The van der Waals surface area contributed by atoms with Crippen LogP contribution in [0.5, 0.6) is 0 Å². The standard InChI is InChI=1S/C27H36ClFN6O4/c1-14(2)35-19-11-15(10-17(29)22(19)32-23(35)27(6,7)38)21-16(28)12-30-24(33-21)31-18-8-9-34(13-20(18)36)25(37)39-26(3,4)5/h10-12,14,18,20,36,38H,8-9,13H2,1-7H3,(H,30,31,33)/t18-,20-/m1/s1. The van der Waals surface area contributed by atoms with Crippen molar-refractivity contribution < 1.29 is 24.1 Å². The van der Waals surface area contributed by atoms with Crippen molar-refractivity contribution >= 4 is 34.7 Å². The number of halogens is 2. The van der Waals surface area contributed by atoms with Gasteiger partial charge < -0.3 is 29.7 Å². The molecule has 1 aliphatic heterocycles. The minimum atomic E-state index is -1.28. The van der Waals surface area contributed by atoms with E-state index < -0.39 is 35.3 Å². The highest BCUT2D eigenvalue weighted by Gasteiger charge is 2.33. The molecule has 0 saturated carbocycles. The zero-order valence-corrected chi connectivity index (χ0v) is 24.0. The fraction of sp³-hybridized carbons (Fsp3) is 0.556. The summed E-state index contributed by atoms with van der Waals surface area (Å²) in [6.45, 7) is 12.9. The molecule has 1 aliphatic rings. The highest BCUT2D eigenvalue weighted by Crippen LogP contribution is 2.35. The van der Waals surface area contributed by atoms with Gasteiger partial charge in [0.15, 0.2) is 5.82 Å². The van der Waals surface area contributed by atoms with Crippen LogP contribution in [0.15, 0.2) is 18.3 Å². The zero-order chi connectivity index (χ0) is 28.9. The van der Waals surface area contributed by atoms with Crippen LogP contribution in [0.3, 0.4) is 0 Å². The number of nitrogens with one attached hydrogen (secondary N) is 1. The van der Waals surface area contributed by atoms with Crippen LogP contribution in [-0.4, -0.2) is 71.6 Å². The first kappa shape index (κ1) is 29.0. The summed E-state index contributed by atoms with van der Waals surface area (Å²) in [7, 11) is 0. The van der Waals surface area contributed by atoms with Crippen LogP contribution in [0, 0.1) is 5.82 Å². The van der Waals surface area contributed by atoms with Crippen molar-refractivity contribution in [1.82, 2.24) is 24.4 Å². The van der Waals surface area contributed by atoms with Gasteiger partial charge >= 0.3 is 6.09 Å². The summed E-state index contributed by atoms with van der Waals surface area (Å²) < 4.78 is 22.5. The summed E-state index contributed by atoms with van der Waals surface area (Å²) >= 11 is 6.45. The minimum Gasteiger partial charge on any atom is -0.444 e. The van der Waals surface area contributed by atoms with Crippen molar-refractivity contribution in [2.45, 2.75) is 84.3 Å². The van der Waals surface area contributed by atoms with Gasteiger partial charge in [0.2, 0.25) is 5.95 Å². The number of aliphatic hydroxyl groups is 2. The summed E-state index contributed by atoms with van der Waals surface area (Å²) in [6.07, 6.45) is 0.494. The first-order valence-corrected chi connectivity index (χ1v) is 13.3. The molecule has 39 heavy (non-hydrogen) atoms. The number of hydrogen-bond donors (Lipinski definition) is 3. The van der Waals surface area contributed by atoms with E-state index in [1.54, 1.807) is 45.3 Å². The third-order valence-electron chi connectivity index (χ3n) is 6.38. The Balaban J connectivity index is 1.61. The Hall–Kier alpha value is -3.02. The Kier molecular flexibility index (Phi) is 7.81. The first-order valence-electron chi connectivity index (χ1n) is 12.9. The number of carbonyl (C=O) groups excluding carboxylic acids is 1. The van der Waals surface area contributed by atoms with E-state index in [1.807, 2.05) is 13.8 Å². The van der Waals surface area contributed by atoms with Crippen LogP contribution in [-0.2, 0) is 10.3 Å². The topological polar surface area (TPSA) is 126 Å². The van der Waals surface area contributed by atoms with E-state index in [0.29, 0.717) is 35.6 Å². The summed E-state index contributed by atoms with van der Waals surface area (Å²) in [5.74, 6) is -0.00727. The molecule has 1 aromatic carbocycles. The average molecular weight is 563 g/mol. The van der Waals surface area contributed by atoms with Crippen LogP contribution < -0.4 is 5.32 Å². The number of piperidine rings is 1. The van der Waals surface area contributed by atoms with E-state index in [0.717, 1.165) is 0 Å². The van der Waals surface area contributed by atoms with Gasteiger partial charge in [-0.3, -0.25) is 0 Å². The largest absolute Gasteiger partial charge is 0.444 e. The van der Waals surface area contributed by atoms with Crippen molar-refractivity contribution in [3.63, 3.8) is 0 Å². The van der Waals surface area contributed by atoms with Crippen LogP contribution in [0.25, 0.3) is 22.3 Å². The Morgan fingerprint density at radius 1 is 1.23 bits per heavy atom. The smallest absolute Gasteiger partial charge is 0.410 e. The number of ether oxygens (including phenoxy) is 1. The summed E-state index contributed by atoms with van der Waals surface area (Å²) in [5.41, 5.74) is -0.536. The lowest BCUT2D eigenvalue weighted by Gasteiger charge is -2.36. The summed E-state index contributed by atoms with van der Waals surface area (Å²) in [5, 5.41) is 24.7. The molecule has 1 saturated heterocycles. The molecular formula is C27H36ClFN6O4. The number of benzene rings is 1. The molecule has 3 aromatic rings. The Bertz CT molecular complexity index is 1380. The number of aliphatic hydroxyl groups excluding tert-OH is 1. The minimum absolute atomic E-state index is 0.0949. The van der Waals surface area contributed by atoms with Crippen LogP contribution >= 0.6 is 11.6 Å². The third-order valence-corrected chi connectivity index (χ3v) is 6.65. The number of β-amino-alcohol motifs (C(OH)–C–C–N with tert-alkyl or cyclic N) is 1. The summed E-state index contributed by atoms with van der Waals surface area (Å²) in [4.78, 5) is 27.0. The molecule has 0 bridgehead atoms. The molecule has 212 valence electrons. The molecule has 0 radical (unpaired) electrons. The quantitative estimate of drug-likeness (QED) is 0.402. The normalized spacial score (nSPS) is 18.6. The van der Waals surface area contributed by atoms with E-state index >= 15 is 4.39 Å². The number of likely N-dealkylation sites (tertiary alicyclic amines) is 1. The maximum atomic E-state index is 15.3. The second-order valence-electron chi connectivity index (χ2n) is 11.7. The van der Waals surface area contributed by atoms with Crippen molar-refractivity contribution in [2.24, 2.45) is 0 Å². The molecule has 0 spiro atoms. The van der Waals surface area contributed by atoms with Gasteiger partial charge in [-0.05, 0) is 67.0 Å². The maximum Gasteiger partial charge on any atom is 0.410 e. The molecule has 0 aliphatic carbocycles. The second kappa shape index (κ2) is 10.5. The molecule has 1 amide bonds. The van der Waals surface area contributed by atoms with Crippen molar-refractivity contribution in [1.29, 1.82) is 0 Å². The zero-order valence-electron chi connectivity index (χ0n) is 23.3. The van der Waals surface area contributed by atoms with Gasteiger partial charge in [-0.1, -0.05) is 11.6 Å². The average Bonchev–Trinajstić information content (AvgIpc) is 3.21. The molecule has 4 rings (SSSR count). The van der Waals surface area contributed by atoms with Crippen molar-refractivity contribution in [3.8, 4) is 11.3 Å². The predicted octanol–water partition coefficient (Wildman–Crippen LogP) is 4.88. The van der Waals surface area contributed by atoms with E-state index in [-0.39, 0.29) is 29.1 Å². The Labute approximate surface area is 232 Å². The molecule has 3 N–H and O–H groups in total. The van der Waals surface area contributed by atoms with E-state index in [4.69, 9.17) is 16.3 Å². The number of fused-ring (bicyclic) bond motifs is 1. The lowest BCUT2D eigenvalue weighted by Crippen LogP contribution is -2.52. The Morgan fingerprint density at radius 2 is 1.92 bits per heavy atom. The molecule has 10 nitrogen and oxygen atoms in total. The van der Waals surface area contributed by atoms with Gasteiger partial charge in [-0.2, -0.15) is 0 Å². The van der Waals surface area contributed by atoms with Gasteiger partial charge in [-0.25, -0.2) is 24.1 Å². The van der Waals surface area contributed by atoms with E-state index in [1.165, 1.54) is 17.2 Å². The lowest BCUT2D eigenvalue weighted by atomic mass is 10.0. The predicted molar refractivity (Wildman–Crippen MR) is 147 cm³/mol. The molecule has 2 atom stereocenters. The monoisotopic (exact) mass is 562 g/mol. The van der Waals surface area contributed by atoms with Gasteiger partial charge in [0.1, 0.15) is 22.5 Å². The molecular weight excluding hydrogens is 527 g/mol. The molecule has 3 heterocycles. The highest BCUT2D eigenvalue weighted by molar-refractivity contribution is 6.33. The number of aromatic nitrogens is 4. The van der Waals surface area contributed by atoms with Crippen molar-refractivity contribution in [2.75, 3.05) is 18.4 Å². The van der Waals surface area contributed by atoms with Gasteiger partial charge in [-0.15, -0.1) is 0 Å². The molecule has 2 aromatic heterocycles. The lowest BCUT2D eigenvalue weighted by molar-refractivity contribution is 0.00113. The van der Waals surface area contributed by atoms with Crippen LogP contribution in [0.4, 0.5) is 15.1 Å². The SMILES string of the molecule is CC(C)n1c(C(C)(C)O)nc2c(F)cc(-c3nc(N[C@@H]4CCN(C(=O)OC(C)(C)C)C[C@H]4O)ncc3Cl)cc21. The molecule has 1 fully saturated rings. The maximum absolute atomic E-state index is 15.3. The highest BCUT2D eigenvalue weighted by atomic mass is 35.5. The number of rotatable bonds is 5. The number of amides is 1. The van der Waals surface area contributed by atoms with Crippen LogP contribution in [0.2, 0.25) is 5.02 Å². The fourth-order valence-corrected chi connectivity index (χ4v) is 4.84. The number of nitrogens with zero attached hydrogens (tertiary/aromatic N) is 5. The number of carbonyl (C=O) groups is 1. The van der Waals surface area contributed by atoms with E-state index in [9.17, 15) is 15.0 Å². The fourth-order valence-electron chi connectivity index (χ4n) is 4.64. The molecule has 0 unspecified atom stereocenters. The Morgan fingerprint density at radius 3 is 2.51 bits per heavy atom. The molecule has 12 heteroatoms. The first-order chi connectivity index (χ1) is 18.0. The van der Waals surface area contributed by atoms with Gasteiger partial charge in [0, 0.05) is 18.2 Å². The number of anilines is 1. The van der Waals surface area contributed by atoms with Gasteiger partial charge in [0.25, 0.3) is 0 Å². The number of imidazole rings is 1. The van der Waals surface area contributed by atoms with Crippen molar-refractivity contribution in [3.05, 3.63) is 35.0 Å². The number of hydrogen-bond acceptors (Lipinski definition) is 8. The third kappa shape index (κ3) is 6.26. The second-order valence-corrected chi connectivity index (χ2v) is 12.1. The van der Waals surface area contributed by atoms with E-state index in [2.05, 4.69) is 20.3 Å². The van der Waals surface area contributed by atoms with Crippen LogP contribution in [0.1, 0.15) is 66.8 Å². The summed E-state index contributed by atoms with van der Waals surface area (Å²) in [6, 6.07) is 2.53.